The Morgan fingerprint density at radius 2 is 1.87 bits per heavy atom. The number of nitrogens with zero attached hydrogens (tertiary/aromatic N) is 5. The van der Waals surface area contributed by atoms with E-state index in [0.717, 1.165) is 27.0 Å². The van der Waals surface area contributed by atoms with Crippen molar-refractivity contribution in [3.05, 3.63) is 148 Å². The van der Waals surface area contributed by atoms with E-state index in [1.54, 1.807) is 41.8 Å². The van der Waals surface area contributed by atoms with Crippen LogP contribution in [0.1, 0.15) is 42.5 Å². The van der Waals surface area contributed by atoms with Crippen molar-refractivity contribution >= 4 is 38.9 Å². The third kappa shape index (κ3) is 6.95. The summed E-state index contributed by atoms with van der Waals surface area (Å²) in [6, 6.07) is 28.1. The van der Waals surface area contributed by atoms with Crippen molar-refractivity contribution in [2.45, 2.75) is 19.5 Å². The summed E-state index contributed by atoms with van der Waals surface area (Å²) in [6.07, 6.45) is 5.75. The second-order valence-electron chi connectivity index (χ2n) is 10.4. The molecule has 0 bridgehead atoms. The number of hydrogen-bond acceptors (Lipinski definition) is 6. The molecule has 0 radical (unpaired) electrons. The lowest BCUT2D eigenvalue weighted by atomic mass is 10.1. The number of anilines is 1. The summed E-state index contributed by atoms with van der Waals surface area (Å²) >= 11 is 1.38. The van der Waals surface area contributed by atoms with E-state index in [9.17, 15) is 14.0 Å². The normalized spacial score (nSPS) is 10.8. The number of benzene rings is 3. The lowest BCUT2D eigenvalue weighted by Gasteiger charge is -2.24. The predicted octanol–water partition coefficient (Wildman–Crippen LogP) is 6.37. The first-order valence-electron chi connectivity index (χ1n) is 14.2. The van der Waals surface area contributed by atoms with Crippen LogP contribution in [0.15, 0.2) is 110 Å². The number of nitrogens with one attached hydrogen (secondary N) is 1. The maximum absolute atomic E-state index is 14.2. The van der Waals surface area contributed by atoms with E-state index in [1.165, 1.54) is 29.5 Å². The third-order valence-electron chi connectivity index (χ3n) is 7.30. The number of carbonyl (C=O) groups excluding carboxylic acids is 2. The summed E-state index contributed by atoms with van der Waals surface area (Å²) < 4.78 is 17.0. The summed E-state index contributed by atoms with van der Waals surface area (Å²) in [5.41, 5.74) is 4.03. The lowest BCUT2D eigenvalue weighted by molar-refractivity contribution is 0.0956. The van der Waals surface area contributed by atoms with E-state index in [0.29, 0.717) is 35.6 Å². The van der Waals surface area contributed by atoms with Crippen LogP contribution in [0.4, 0.5) is 10.1 Å². The van der Waals surface area contributed by atoms with Crippen LogP contribution < -0.4 is 10.2 Å². The van der Waals surface area contributed by atoms with E-state index < -0.39 is 5.82 Å². The molecule has 0 atom stereocenters. The van der Waals surface area contributed by atoms with Gasteiger partial charge in [0.05, 0.1) is 35.1 Å². The molecule has 3 aromatic carbocycles. The van der Waals surface area contributed by atoms with E-state index in [1.807, 2.05) is 59.2 Å². The fraction of sp³-hybridized carbons (Fsp3) is 0.114. The van der Waals surface area contributed by atoms with Crippen molar-refractivity contribution in [3.63, 3.8) is 0 Å². The first-order valence-corrected chi connectivity index (χ1v) is 15.1. The number of aromatic nitrogens is 3. The zero-order chi connectivity index (χ0) is 31.2. The Morgan fingerprint density at radius 1 is 1.00 bits per heavy atom. The van der Waals surface area contributed by atoms with Gasteiger partial charge >= 0.3 is 0 Å². The standard InChI is InChI=1S/C35H27FN6O2S/c36-28-5-3-4-26(16-28)35(44)42(22-31-20-38-23-41(31)21-25-9-7-24(19-37)8-10-25)30-11-12-32-27(17-30)18-33(45-32)34(43)40-15-13-29-6-1-2-14-39-29/h1-12,14,16-18,20,23H,13,15,21-22H2,(H,40,43). The fourth-order valence-corrected chi connectivity index (χ4v) is 5.93. The molecule has 0 saturated heterocycles. The van der Waals surface area contributed by atoms with E-state index in [4.69, 9.17) is 5.26 Å². The summed E-state index contributed by atoms with van der Waals surface area (Å²) in [5, 5.41) is 12.9. The van der Waals surface area contributed by atoms with Gasteiger partial charge in [0.25, 0.3) is 11.8 Å². The molecular formula is C35H27FN6O2S. The molecule has 0 unspecified atom stereocenters. The van der Waals surface area contributed by atoms with Gasteiger partial charge in [-0.05, 0) is 77.7 Å². The van der Waals surface area contributed by atoms with Gasteiger partial charge in [0, 0.05) is 53.5 Å². The lowest BCUT2D eigenvalue weighted by Crippen LogP contribution is -2.31. The molecule has 0 fully saturated rings. The number of fused-ring (bicyclic) bond motifs is 1. The van der Waals surface area contributed by atoms with Gasteiger partial charge in [0.1, 0.15) is 5.82 Å². The monoisotopic (exact) mass is 614 g/mol. The van der Waals surface area contributed by atoms with Crippen molar-refractivity contribution in [1.82, 2.24) is 19.9 Å². The summed E-state index contributed by atoms with van der Waals surface area (Å²) in [7, 11) is 0. The molecule has 8 nitrogen and oxygen atoms in total. The second kappa shape index (κ2) is 13.3. The van der Waals surface area contributed by atoms with Crippen LogP contribution in [0.3, 0.4) is 0 Å². The van der Waals surface area contributed by atoms with Crippen LogP contribution in [0.2, 0.25) is 0 Å². The molecule has 0 aliphatic rings. The Labute approximate surface area is 263 Å². The zero-order valence-electron chi connectivity index (χ0n) is 24.1. The van der Waals surface area contributed by atoms with Gasteiger partial charge in [-0.3, -0.25) is 14.6 Å². The molecule has 3 aromatic heterocycles. The first kappa shape index (κ1) is 29.4. The van der Waals surface area contributed by atoms with E-state index in [-0.39, 0.29) is 23.9 Å². The Bertz CT molecular complexity index is 2010. The minimum Gasteiger partial charge on any atom is -0.351 e. The number of hydrogen-bond donors (Lipinski definition) is 1. The smallest absolute Gasteiger partial charge is 0.261 e. The van der Waals surface area contributed by atoms with Crippen molar-refractivity contribution in [2.24, 2.45) is 0 Å². The molecule has 6 aromatic rings. The van der Waals surface area contributed by atoms with E-state index >= 15 is 0 Å². The molecule has 0 aliphatic heterocycles. The molecule has 222 valence electrons. The molecular weight excluding hydrogens is 587 g/mol. The number of amides is 2. The quantitative estimate of drug-likeness (QED) is 0.193. The van der Waals surface area contributed by atoms with Crippen molar-refractivity contribution in [1.29, 1.82) is 5.26 Å². The van der Waals surface area contributed by atoms with Gasteiger partial charge in [-0.1, -0.05) is 24.3 Å². The number of rotatable bonds is 10. The summed E-state index contributed by atoms with van der Waals surface area (Å²) in [5.74, 6) is -1.05. The largest absolute Gasteiger partial charge is 0.351 e. The molecule has 45 heavy (non-hydrogen) atoms. The zero-order valence-corrected chi connectivity index (χ0v) is 24.9. The molecule has 1 N–H and O–H groups in total. The van der Waals surface area contributed by atoms with Crippen molar-refractivity contribution in [3.8, 4) is 6.07 Å². The fourth-order valence-electron chi connectivity index (χ4n) is 4.97. The Kier molecular flexibility index (Phi) is 8.71. The average Bonchev–Trinajstić information content (AvgIpc) is 3.70. The molecule has 0 aliphatic carbocycles. The van der Waals surface area contributed by atoms with Crippen LogP contribution >= 0.6 is 11.3 Å². The minimum absolute atomic E-state index is 0.169. The number of nitriles is 1. The maximum atomic E-state index is 14.2. The first-order chi connectivity index (χ1) is 22.0. The van der Waals surface area contributed by atoms with Crippen LogP contribution in [-0.4, -0.2) is 32.9 Å². The second-order valence-corrected chi connectivity index (χ2v) is 11.5. The van der Waals surface area contributed by atoms with Gasteiger partial charge in [-0.25, -0.2) is 9.37 Å². The van der Waals surface area contributed by atoms with Gasteiger partial charge in [-0.2, -0.15) is 5.26 Å². The van der Waals surface area contributed by atoms with Gasteiger partial charge in [0.2, 0.25) is 0 Å². The number of carbonyl (C=O) groups is 2. The van der Waals surface area contributed by atoms with Crippen molar-refractivity contribution < 1.29 is 14.0 Å². The molecule has 10 heteroatoms. The molecule has 3 heterocycles. The predicted molar refractivity (Wildman–Crippen MR) is 171 cm³/mol. The SMILES string of the molecule is N#Cc1ccc(Cn2cncc2CN(C(=O)c2cccc(F)c2)c2ccc3sc(C(=O)NCCc4ccccn4)cc3c2)cc1. The number of halogens is 1. The highest BCUT2D eigenvalue weighted by molar-refractivity contribution is 7.20. The minimum atomic E-state index is -0.501. The molecule has 0 saturated carbocycles. The Hall–Kier alpha value is -5.66. The molecule has 2 amide bonds. The molecule has 0 spiro atoms. The van der Waals surface area contributed by atoms with Crippen LogP contribution in [0.25, 0.3) is 10.1 Å². The number of pyridine rings is 1. The van der Waals surface area contributed by atoms with Crippen LogP contribution in [-0.2, 0) is 19.5 Å². The van der Waals surface area contributed by atoms with Crippen LogP contribution in [0, 0.1) is 17.1 Å². The van der Waals surface area contributed by atoms with Gasteiger partial charge < -0.3 is 14.8 Å². The molecule has 6 rings (SSSR count). The summed E-state index contributed by atoms with van der Waals surface area (Å²) in [6.45, 7) is 1.12. The van der Waals surface area contributed by atoms with Crippen molar-refractivity contribution in [2.75, 3.05) is 11.4 Å². The highest BCUT2D eigenvalue weighted by atomic mass is 32.1. The third-order valence-corrected chi connectivity index (χ3v) is 8.41. The van der Waals surface area contributed by atoms with E-state index in [2.05, 4.69) is 21.4 Å². The van der Waals surface area contributed by atoms with Gasteiger partial charge in [0.15, 0.2) is 0 Å². The summed E-state index contributed by atoms with van der Waals surface area (Å²) in [4.78, 5) is 37.6. The highest BCUT2D eigenvalue weighted by Gasteiger charge is 2.22. The topological polar surface area (TPSA) is 104 Å². The Morgan fingerprint density at radius 3 is 2.64 bits per heavy atom. The van der Waals surface area contributed by atoms with Crippen LogP contribution in [0.5, 0.6) is 0 Å². The van der Waals surface area contributed by atoms with Gasteiger partial charge in [-0.15, -0.1) is 11.3 Å². The Balaban J connectivity index is 1.26. The number of imidazole rings is 1. The maximum Gasteiger partial charge on any atom is 0.261 e. The number of thiophene rings is 1. The highest BCUT2D eigenvalue weighted by Crippen LogP contribution is 2.31. The average molecular weight is 615 g/mol.